The maximum atomic E-state index is 5.55. The zero-order valence-corrected chi connectivity index (χ0v) is 12.6. The van der Waals surface area contributed by atoms with Crippen molar-refractivity contribution in [3.05, 3.63) is 35.4 Å². The van der Waals surface area contributed by atoms with E-state index in [1.165, 1.54) is 11.1 Å². The molecule has 108 valence electrons. The van der Waals surface area contributed by atoms with Crippen LogP contribution in [0.2, 0.25) is 0 Å². The van der Waals surface area contributed by atoms with Crippen LogP contribution in [-0.4, -0.2) is 26.0 Å². The normalized spacial score (nSPS) is 12.9. The van der Waals surface area contributed by atoms with Gasteiger partial charge in [0.1, 0.15) is 0 Å². The van der Waals surface area contributed by atoms with Gasteiger partial charge < -0.3 is 14.8 Å². The Morgan fingerprint density at radius 3 is 2.05 bits per heavy atom. The van der Waals surface area contributed by atoms with E-state index in [1.807, 2.05) is 13.8 Å². The number of nitrogens with one attached hydrogen (secondary N) is 1. The van der Waals surface area contributed by atoms with E-state index >= 15 is 0 Å². The fourth-order valence-electron chi connectivity index (χ4n) is 2.07. The summed E-state index contributed by atoms with van der Waals surface area (Å²) in [7, 11) is 0. The largest absolute Gasteiger partial charge is 0.352 e. The zero-order valence-electron chi connectivity index (χ0n) is 12.6. The maximum Gasteiger partial charge on any atom is 0.169 e. The van der Waals surface area contributed by atoms with Gasteiger partial charge in [0.25, 0.3) is 0 Å². The van der Waals surface area contributed by atoms with Crippen LogP contribution < -0.4 is 5.32 Å². The van der Waals surface area contributed by atoms with E-state index < -0.39 is 0 Å². The molecule has 1 aromatic carbocycles. The fourth-order valence-corrected chi connectivity index (χ4v) is 2.07. The van der Waals surface area contributed by atoms with Crippen molar-refractivity contribution in [1.29, 1.82) is 0 Å². The van der Waals surface area contributed by atoms with E-state index in [4.69, 9.17) is 9.47 Å². The van der Waals surface area contributed by atoms with Gasteiger partial charge in [0.15, 0.2) is 6.29 Å². The number of benzene rings is 1. The minimum Gasteiger partial charge on any atom is -0.352 e. The van der Waals surface area contributed by atoms with Crippen LogP contribution in [0.3, 0.4) is 0 Å². The highest BCUT2D eigenvalue weighted by atomic mass is 16.7. The van der Waals surface area contributed by atoms with Crippen molar-refractivity contribution in [2.45, 2.75) is 46.4 Å². The molecule has 1 rings (SSSR count). The standard InChI is InChI=1S/C16H27NO2/c1-5-15(14-10-8-13(4)9-11-14)17-12-16(18-6-2)19-7-3/h8-11,15-17H,5-7,12H2,1-4H3. The molecule has 0 aromatic heterocycles. The minimum absolute atomic E-state index is 0.158. The topological polar surface area (TPSA) is 30.5 Å². The van der Waals surface area contributed by atoms with E-state index in [9.17, 15) is 0 Å². The van der Waals surface area contributed by atoms with E-state index in [2.05, 4.69) is 43.4 Å². The number of hydrogen-bond acceptors (Lipinski definition) is 3. The van der Waals surface area contributed by atoms with Gasteiger partial charge in [0, 0.05) is 25.8 Å². The minimum atomic E-state index is -0.158. The molecule has 0 fully saturated rings. The number of hydrogen-bond donors (Lipinski definition) is 1. The van der Waals surface area contributed by atoms with Gasteiger partial charge in [-0.2, -0.15) is 0 Å². The lowest BCUT2D eigenvalue weighted by atomic mass is 10.0. The average molecular weight is 265 g/mol. The summed E-state index contributed by atoms with van der Waals surface area (Å²) in [5.41, 5.74) is 2.61. The molecular weight excluding hydrogens is 238 g/mol. The van der Waals surface area contributed by atoms with Crippen molar-refractivity contribution >= 4 is 0 Å². The van der Waals surface area contributed by atoms with Crippen molar-refractivity contribution in [2.75, 3.05) is 19.8 Å². The first-order valence-corrected chi connectivity index (χ1v) is 7.24. The highest BCUT2D eigenvalue weighted by Crippen LogP contribution is 2.17. The van der Waals surface area contributed by atoms with Gasteiger partial charge in [-0.3, -0.25) is 0 Å². The number of rotatable bonds is 9. The first-order valence-electron chi connectivity index (χ1n) is 7.24. The van der Waals surface area contributed by atoms with Crippen LogP contribution in [0.4, 0.5) is 0 Å². The number of ether oxygens (including phenoxy) is 2. The number of aryl methyl sites for hydroxylation is 1. The lowest BCUT2D eigenvalue weighted by molar-refractivity contribution is -0.133. The van der Waals surface area contributed by atoms with Gasteiger partial charge in [-0.05, 0) is 32.8 Å². The predicted molar refractivity (Wildman–Crippen MR) is 79.3 cm³/mol. The fraction of sp³-hybridized carbons (Fsp3) is 0.625. The third kappa shape index (κ3) is 5.72. The van der Waals surface area contributed by atoms with Gasteiger partial charge in [0.2, 0.25) is 0 Å². The van der Waals surface area contributed by atoms with Crippen LogP contribution >= 0.6 is 0 Å². The van der Waals surface area contributed by atoms with Crippen LogP contribution in [0.1, 0.15) is 44.4 Å². The Hall–Kier alpha value is -0.900. The summed E-state index contributed by atoms with van der Waals surface area (Å²) in [6.45, 7) is 10.3. The third-order valence-electron chi connectivity index (χ3n) is 3.12. The summed E-state index contributed by atoms with van der Waals surface area (Å²) in [4.78, 5) is 0. The van der Waals surface area contributed by atoms with E-state index in [1.54, 1.807) is 0 Å². The highest BCUT2D eigenvalue weighted by molar-refractivity contribution is 5.24. The Bertz CT molecular complexity index is 331. The summed E-state index contributed by atoms with van der Waals surface area (Å²) in [5, 5.41) is 3.52. The molecule has 0 saturated carbocycles. The summed E-state index contributed by atoms with van der Waals surface area (Å²) >= 11 is 0. The SMILES string of the molecule is CCOC(CNC(CC)c1ccc(C)cc1)OCC. The van der Waals surface area contributed by atoms with Crippen LogP contribution in [0, 0.1) is 6.92 Å². The lowest BCUT2D eigenvalue weighted by Crippen LogP contribution is -2.34. The molecule has 0 spiro atoms. The van der Waals surface area contributed by atoms with Gasteiger partial charge >= 0.3 is 0 Å². The second kappa shape index (κ2) is 9.08. The third-order valence-corrected chi connectivity index (χ3v) is 3.12. The Morgan fingerprint density at radius 2 is 1.58 bits per heavy atom. The van der Waals surface area contributed by atoms with E-state index in [0.717, 1.165) is 6.42 Å². The van der Waals surface area contributed by atoms with Crippen molar-refractivity contribution < 1.29 is 9.47 Å². The molecule has 0 saturated heterocycles. The predicted octanol–water partition coefficient (Wildman–Crippen LogP) is 3.43. The van der Waals surface area contributed by atoms with Gasteiger partial charge in [0.05, 0.1) is 0 Å². The summed E-state index contributed by atoms with van der Waals surface area (Å²) in [5.74, 6) is 0. The second-order valence-corrected chi connectivity index (χ2v) is 4.62. The second-order valence-electron chi connectivity index (χ2n) is 4.62. The molecular formula is C16H27NO2. The molecule has 1 atom stereocenters. The smallest absolute Gasteiger partial charge is 0.169 e. The monoisotopic (exact) mass is 265 g/mol. The quantitative estimate of drug-likeness (QED) is 0.694. The molecule has 1 aromatic rings. The van der Waals surface area contributed by atoms with Crippen molar-refractivity contribution in [1.82, 2.24) is 5.32 Å². The summed E-state index contributed by atoms with van der Waals surface area (Å²) in [6, 6.07) is 9.04. The Labute approximate surface area is 117 Å². The van der Waals surface area contributed by atoms with Crippen LogP contribution in [0.25, 0.3) is 0 Å². The molecule has 1 unspecified atom stereocenters. The van der Waals surface area contributed by atoms with Crippen LogP contribution in [-0.2, 0) is 9.47 Å². The molecule has 0 amide bonds. The molecule has 0 heterocycles. The summed E-state index contributed by atoms with van der Waals surface area (Å²) < 4.78 is 11.1. The van der Waals surface area contributed by atoms with Gasteiger partial charge in [-0.25, -0.2) is 0 Å². The zero-order chi connectivity index (χ0) is 14.1. The molecule has 1 N–H and O–H groups in total. The van der Waals surface area contributed by atoms with Crippen molar-refractivity contribution in [3.63, 3.8) is 0 Å². The Morgan fingerprint density at radius 1 is 1.00 bits per heavy atom. The molecule has 3 nitrogen and oxygen atoms in total. The summed E-state index contributed by atoms with van der Waals surface area (Å²) in [6.07, 6.45) is 0.892. The molecule has 0 bridgehead atoms. The Balaban J connectivity index is 2.53. The maximum absolute atomic E-state index is 5.55. The molecule has 3 heteroatoms. The highest BCUT2D eigenvalue weighted by Gasteiger charge is 2.13. The van der Waals surface area contributed by atoms with Gasteiger partial charge in [-0.15, -0.1) is 0 Å². The van der Waals surface area contributed by atoms with Crippen LogP contribution in [0.5, 0.6) is 0 Å². The van der Waals surface area contributed by atoms with E-state index in [0.29, 0.717) is 25.8 Å². The molecule has 19 heavy (non-hydrogen) atoms. The molecule has 0 radical (unpaired) electrons. The van der Waals surface area contributed by atoms with Crippen molar-refractivity contribution in [2.24, 2.45) is 0 Å². The lowest BCUT2D eigenvalue weighted by Gasteiger charge is -2.22. The van der Waals surface area contributed by atoms with Crippen molar-refractivity contribution in [3.8, 4) is 0 Å². The first kappa shape index (κ1) is 16.2. The first-order chi connectivity index (χ1) is 9.21. The van der Waals surface area contributed by atoms with Crippen LogP contribution in [0.15, 0.2) is 24.3 Å². The average Bonchev–Trinajstić information content (AvgIpc) is 2.41. The molecule has 0 aliphatic carbocycles. The van der Waals surface area contributed by atoms with E-state index in [-0.39, 0.29) is 6.29 Å². The Kier molecular flexibility index (Phi) is 7.72. The molecule has 0 aliphatic heterocycles. The van der Waals surface area contributed by atoms with Gasteiger partial charge in [-0.1, -0.05) is 36.8 Å². The molecule has 0 aliphatic rings.